The average Bonchev–Trinajstić information content (AvgIpc) is 2.55. The predicted molar refractivity (Wildman–Crippen MR) is 99.3 cm³/mol. The molecule has 1 aromatic carbocycles. The van der Waals surface area contributed by atoms with Crippen LogP contribution in [0.25, 0.3) is 0 Å². The van der Waals surface area contributed by atoms with Gasteiger partial charge in [-0.15, -0.1) is 0 Å². The Hall–Kier alpha value is -1.12. The van der Waals surface area contributed by atoms with Crippen molar-refractivity contribution in [2.45, 2.75) is 57.7 Å². The zero-order chi connectivity index (χ0) is 15.9. The van der Waals surface area contributed by atoms with Crippen molar-refractivity contribution in [2.75, 3.05) is 6.61 Å². The minimum Gasteiger partial charge on any atom is -0.367 e. The Morgan fingerprint density at radius 2 is 1.77 bits per heavy atom. The lowest BCUT2D eigenvalue weighted by Gasteiger charge is -2.35. The van der Waals surface area contributed by atoms with E-state index in [1.165, 1.54) is 37.3 Å². The monoisotopic (exact) mass is 314 g/mol. The molecule has 0 N–H and O–H groups in total. The molecule has 0 amide bonds. The van der Waals surface area contributed by atoms with Crippen molar-refractivity contribution in [2.24, 2.45) is 0 Å². The van der Waals surface area contributed by atoms with Crippen LogP contribution in [0.2, 0.25) is 13.1 Å². The van der Waals surface area contributed by atoms with E-state index < -0.39 is 8.07 Å². The van der Waals surface area contributed by atoms with E-state index in [0.717, 1.165) is 6.61 Å². The lowest BCUT2D eigenvalue weighted by atomic mass is 9.85. The second-order valence-electron chi connectivity index (χ2n) is 6.93. The third kappa shape index (κ3) is 4.69. The molecule has 0 unspecified atom stereocenters. The average molecular weight is 315 g/mol. The smallest absolute Gasteiger partial charge is 0.103 e. The summed E-state index contributed by atoms with van der Waals surface area (Å²) in [6, 6.07) is 10.9. The van der Waals surface area contributed by atoms with E-state index >= 15 is 0 Å². The van der Waals surface area contributed by atoms with Crippen LogP contribution in [0, 0.1) is 0 Å². The number of rotatable bonds is 6. The van der Waals surface area contributed by atoms with Crippen molar-refractivity contribution in [3.8, 4) is 0 Å². The van der Waals surface area contributed by atoms with Gasteiger partial charge < -0.3 is 4.74 Å². The molecule has 0 atom stereocenters. The second-order valence-corrected chi connectivity index (χ2v) is 11.3. The molecular weight excluding hydrogens is 284 g/mol. The van der Waals surface area contributed by atoms with E-state index in [4.69, 9.17) is 4.74 Å². The largest absolute Gasteiger partial charge is 0.367 e. The van der Waals surface area contributed by atoms with Crippen molar-refractivity contribution in [3.63, 3.8) is 0 Å². The molecule has 0 radical (unpaired) electrons. The Bertz CT molecular complexity index is 496. The summed E-state index contributed by atoms with van der Waals surface area (Å²) in [6.45, 7) is 7.62. The highest BCUT2D eigenvalue weighted by Crippen LogP contribution is 2.33. The molecule has 1 aliphatic rings. The fraction of sp³-hybridized carbons (Fsp3) is 0.500. The van der Waals surface area contributed by atoms with Crippen LogP contribution >= 0.6 is 0 Å². The van der Waals surface area contributed by atoms with Crippen LogP contribution in [-0.2, 0) is 4.74 Å². The molecule has 2 heteroatoms. The first-order chi connectivity index (χ1) is 10.6. The fourth-order valence-electron chi connectivity index (χ4n) is 3.14. The van der Waals surface area contributed by atoms with Crippen LogP contribution in [0.5, 0.6) is 0 Å². The Labute approximate surface area is 137 Å². The number of allylic oxidation sites excluding steroid dienone is 1. The van der Waals surface area contributed by atoms with Gasteiger partial charge in [-0.2, -0.15) is 0 Å². The van der Waals surface area contributed by atoms with E-state index in [2.05, 4.69) is 74.3 Å². The normalized spacial score (nSPS) is 19.0. The second kappa shape index (κ2) is 7.93. The fourth-order valence-corrected chi connectivity index (χ4v) is 5.11. The molecule has 1 saturated carbocycles. The van der Waals surface area contributed by atoms with Crippen LogP contribution in [0.1, 0.15) is 39.0 Å². The number of hydrogen-bond acceptors (Lipinski definition) is 1. The molecular formula is C20H30OSi. The maximum absolute atomic E-state index is 6.29. The first-order valence-electron chi connectivity index (χ1n) is 8.59. The number of hydrogen-bond donors (Lipinski definition) is 0. The van der Waals surface area contributed by atoms with Crippen molar-refractivity contribution >= 4 is 13.3 Å². The molecule has 0 spiro atoms. The summed E-state index contributed by atoms with van der Waals surface area (Å²) in [5, 5.41) is 1.49. The van der Waals surface area contributed by atoms with Gasteiger partial charge >= 0.3 is 0 Å². The maximum atomic E-state index is 6.29. The van der Waals surface area contributed by atoms with Crippen molar-refractivity contribution < 1.29 is 4.74 Å². The van der Waals surface area contributed by atoms with Crippen LogP contribution < -0.4 is 5.19 Å². The SMILES string of the molecule is CC=CCOC1(/C=C/[Si](C)(C)c2ccccc2)CCCCC1. The van der Waals surface area contributed by atoms with Crippen LogP contribution in [-0.4, -0.2) is 20.3 Å². The summed E-state index contributed by atoms with van der Waals surface area (Å²) in [7, 11) is -1.54. The van der Waals surface area contributed by atoms with Crippen molar-refractivity contribution in [3.05, 3.63) is 54.3 Å². The van der Waals surface area contributed by atoms with Crippen LogP contribution in [0.3, 0.4) is 0 Å². The molecule has 1 aliphatic carbocycles. The lowest BCUT2D eigenvalue weighted by molar-refractivity contribution is -0.0186. The van der Waals surface area contributed by atoms with Gasteiger partial charge in [0.25, 0.3) is 0 Å². The first kappa shape index (κ1) is 17.2. The number of ether oxygens (including phenoxy) is 1. The van der Waals surface area contributed by atoms with Crippen LogP contribution in [0.15, 0.2) is 54.3 Å². The van der Waals surface area contributed by atoms with Gasteiger partial charge in [-0.3, -0.25) is 0 Å². The van der Waals surface area contributed by atoms with Gasteiger partial charge in [0.2, 0.25) is 0 Å². The highest BCUT2D eigenvalue weighted by Gasteiger charge is 2.31. The van der Waals surface area contributed by atoms with Gasteiger partial charge in [0.05, 0.1) is 12.2 Å². The van der Waals surface area contributed by atoms with E-state index in [-0.39, 0.29) is 5.60 Å². The summed E-state index contributed by atoms with van der Waals surface area (Å²) >= 11 is 0. The molecule has 1 aromatic rings. The molecule has 2 rings (SSSR count). The third-order valence-corrected chi connectivity index (χ3v) is 7.55. The summed E-state index contributed by atoms with van der Waals surface area (Å²) < 4.78 is 6.29. The quantitative estimate of drug-likeness (QED) is 0.531. The minimum absolute atomic E-state index is 0.0309. The molecule has 22 heavy (non-hydrogen) atoms. The van der Waals surface area contributed by atoms with Crippen LogP contribution in [0.4, 0.5) is 0 Å². The molecule has 0 heterocycles. The predicted octanol–water partition coefficient (Wildman–Crippen LogP) is 4.99. The van der Waals surface area contributed by atoms with E-state index in [1.54, 1.807) is 0 Å². The maximum Gasteiger partial charge on any atom is 0.103 e. The van der Waals surface area contributed by atoms with Gasteiger partial charge in [0.15, 0.2) is 0 Å². The van der Waals surface area contributed by atoms with Gasteiger partial charge in [0.1, 0.15) is 8.07 Å². The topological polar surface area (TPSA) is 9.23 Å². The Morgan fingerprint density at radius 1 is 1.09 bits per heavy atom. The van der Waals surface area contributed by atoms with E-state index in [1.807, 2.05) is 0 Å². The Kier molecular flexibility index (Phi) is 6.22. The van der Waals surface area contributed by atoms with Gasteiger partial charge in [-0.25, -0.2) is 0 Å². The molecule has 0 aromatic heterocycles. The molecule has 1 fully saturated rings. The zero-order valence-electron chi connectivity index (χ0n) is 14.3. The summed E-state index contributed by atoms with van der Waals surface area (Å²) in [5.74, 6) is 0. The first-order valence-corrected chi connectivity index (χ1v) is 11.7. The van der Waals surface area contributed by atoms with E-state index in [9.17, 15) is 0 Å². The van der Waals surface area contributed by atoms with Crippen molar-refractivity contribution in [1.29, 1.82) is 0 Å². The Balaban J connectivity index is 2.14. The van der Waals surface area contributed by atoms with E-state index in [0.29, 0.717) is 0 Å². The molecule has 0 aliphatic heterocycles. The zero-order valence-corrected chi connectivity index (χ0v) is 15.3. The van der Waals surface area contributed by atoms with Crippen molar-refractivity contribution in [1.82, 2.24) is 0 Å². The summed E-state index contributed by atoms with van der Waals surface area (Å²) in [4.78, 5) is 0. The molecule has 0 bridgehead atoms. The number of benzene rings is 1. The molecule has 0 saturated heterocycles. The molecule has 120 valence electrons. The molecule has 1 nitrogen and oxygen atoms in total. The lowest BCUT2D eigenvalue weighted by Crippen LogP contribution is -2.41. The summed E-state index contributed by atoms with van der Waals surface area (Å²) in [5.41, 5.74) is 2.46. The summed E-state index contributed by atoms with van der Waals surface area (Å²) in [6.07, 6.45) is 12.9. The standard InChI is InChI=1S/C20H30OSi/c1-4-5-17-21-20(14-10-7-11-15-20)16-18-22(2,3)19-12-8-6-9-13-19/h4-6,8-9,12-13,16,18H,7,10-11,14-15,17H2,1-3H3/b5-4?,18-16+. The Morgan fingerprint density at radius 3 is 2.41 bits per heavy atom. The highest BCUT2D eigenvalue weighted by molar-refractivity contribution is 6.93. The minimum atomic E-state index is -1.54. The highest BCUT2D eigenvalue weighted by atomic mass is 28.3. The van der Waals surface area contributed by atoms with Gasteiger partial charge in [-0.1, -0.05) is 91.8 Å². The van der Waals surface area contributed by atoms with Gasteiger partial charge in [0, 0.05) is 0 Å². The van der Waals surface area contributed by atoms with Gasteiger partial charge in [-0.05, 0) is 19.8 Å². The third-order valence-electron chi connectivity index (χ3n) is 4.72.